The molecule has 0 atom stereocenters. The quantitative estimate of drug-likeness (QED) is 0.184. The fourth-order valence-corrected chi connectivity index (χ4v) is 8.76. The van der Waals surface area contributed by atoms with Crippen molar-refractivity contribution in [1.29, 1.82) is 10.5 Å². The van der Waals surface area contributed by atoms with Crippen LogP contribution in [0.2, 0.25) is 0 Å². The van der Waals surface area contributed by atoms with Crippen molar-refractivity contribution in [3.05, 3.63) is 187 Å². The van der Waals surface area contributed by atoms with Crippen LogP contribution >= 0.6 is 0 Å². The van der Waals surface area contributed by atoms with E-state index in [-0.39, 0.29) is 0 Å². The van der Waals surface area contributed by atoms with E-state index in [1.54, 1.807) is 0 Å². The summed E-state index contributed by atoms with van der Waals surface area (Å²) in [6.45, 7) is 0. The Bertz CT molecular complexity index is 3420. The third-order valence-corrected chi connectivity index (χ3v) is 11.1. The maximum Gasteiger partial charge on any atom is 0.101 e. The molecule has 3 aromatic heterocycles. The highest BCUT2D eigenvalue weighted by molar-refractivity contribution is 6.13. The van der Waals surface area contributed by atoms with Crippen molar-refractivity contribution in [3.63, 3.8) is 0 Å². The van der Waals surface area contributed by atoms with Gasteiger partial charge in [0.15, 0.2) is 0 Å². The molecule has 0 amide bonds. The Balaban J connectivity index is 1.06. The Morgan fingerprint density at radius 3 is 1.45 bits per heavy atom. The number of fused-ring (bicyclic) bond motifs is 9. The molecule has 5 nitrogen and oxygen atoms in total. The second-order valence-electron chi connectivity index (χ2n) is 14.0. The molecule has 11 aromatic rings. The molecule has 0 bridgehead atoms. The lowest BCUT2D eigenvalue weighted by Crippen LogP contribution is -1.99. The second-order valence-corrected chi connectivity index (χ2v) is 14.0. The highest BCUT2D eigenvalue weighted by Crippen LogP contribution is 2.39. The van der Waals surface area contributed by atoms with Crippen molar-refractivity contribution < 1.29 is 0 Å². The van der Waals surface area contributed by atoms with Crippen LogP contribution < -0.4 is 0 Å². The van der Waals surface area contributed by atoms with Gasteiger partial charge in [0, 0.05) is 43.7 Å². The van der Waals surface area contributed by atoms with Crippen molar-refractivity contribution in [2.24, 2.45) is 0 Å². The highest BCUT2D eigenvalue weighted by atomic mass is 15.0. The average Bonchev–Trinajstić information content (AvgIpc) is 3.89. The smallest absolute Gasteiger partial charge is 0.101 e. The van der Waals surface area contributed by atoms with E-state index in [9.17, 15) is 10.5 Å². The van der Waals surface area contributed by atoms with E-state index in [4.69, 9.17) is 0 Å². The van der Waals surface area contributed by atoms with Crippen LogP contribution in [0.3, 0.4) is 0 Å². The number of hydrogen-bond acceptors (Lipinski definition) is 2. The first-order chi connectivity index (χ1) is 27.2. The maximum absolute atomic E-state index is 10.6. The molecule has 5 heteroatoms. The predicted octanol–water partition coefficient (Wildman–Crippen LogP) is 12.4. The Labute approximate surface area is 316 Å². The number of hydrogen-bond donors (Lipinski definition) is 0. The molecule has 0 fully saturated rings. The summed E-state index contributed by atoms with van der Waals surface area (Å²) in [5.41, 5.74) is 12.4. The van der Waals surface area contributed by atoms with Gasteiger partial charge in [0.25, 0.3) is 0 Å². The largest absolute Gasteiger partial charge is 0.309 e. The number of para-hydroxylation sites is 5. The normalized spacial score (nSPS) is 11.6. The molecule has 0 aliphatic heterocycles. The molecule has 254 valence electrons. The Morgan fingerprint density at radius 1 is 0.327 bits per heavy atom. The van der Waals surface area contributed by atoms with Crippen molar-refractivity contribution in [2.75, 3.05) is 0 Å². The van der Waals surface area contributed by atoms with Gasteiger partial charge in [-0.1, -0.05) is 103 Å². The van der Waals surface area contributed by atoms with Gasteiger partial charge in [0.2, 0.25) is 0 Å². The van der Waals surface area contributed by atoms with Gasteiger partial charge in [-0.15, -0.1) is 0 Å². The Morgan fingerprint density at radius 2 is 0.818 bits per heavy atom. The predicted molar refractivity (Wildman–Crippen MR) is 224 cm³/mol. The average molecular weight is 700 g/mol. The molecule has 0 saturated heterocycles. The number of nitriles is 2. The standard InChI is InChI=1S/C50H29N5/c51-30-34-12-10-18-42-40-16-3-8-22-48(40)55(50(34)42)44-25-23-33(27-35(44)31-52)32-11-9-13-36(28-32)53-47-21-7-4-17-41(47)43-29-37(24-26-49(43)53)54-45-19-5-1-14-38(45)39-15-2-6-20-46(39)54/h1-29H. The van der Waals surface area contributed by atoms with Crippen LogP contribution in [0.25, 0.3) is 93.6 Å². The fourth-order valence-electron chi connectivity index (χ4n) is 8.76. The fraction of sp³-hybridized carbons (Fsp3) is 0. The van der Waals surface area contributed by atoms with Gasteiger partial charge in [-0.2, -0.15) is 10.5 Å². The van der Waals surface area contributed by atoms with Crippen LogP contribution in [0.5, 0.6) is 0 Å². The van der Waals surface area contributed by atoms with E-state index in [2.05, 4.69) is 153 Å². The van der Waals surface area contributed by atoms with Crippen molar-refractivity contribution in [1.82, 2.24) is 13.7 Å². The van der Waals surface area contributed by atoms with E-state index >= 15 is 0 Å². The van der Waals surface area contributed by atoms with Gasteiger partial charge in [-0.25, -0.2) is 0 Å². The number of benzene rings is 8. The summed E-state index contributed by atoms with van der Waals surface area (Å²) >= 11 is 0. The van der Waals surface area contributed by atoms with Gasteiger partial charge in [0.1, 0.15) is 12.1 Å². The third-order valence-electron chi connectivity index (χ3n) is 11.1. The first kappa shape index (κ1) is 30.7. The minimum absolute atomic E-state index is 0.535. The SMILES string of the molecule is N#Cc1cc(-c2cccc(-n3c4ccccc4c4cc(-n5c6ccccc6c6ccccc65)ccc43)c2)ccc1-n1c2ccccc2c2cccc(C#N)c21. The van der Waals surface area contributed by atoms with Gasteiger partial charge < -0.3 is 13.7 Å². The van der Waals surface area contributed by atoms with Crippen LogP contribution in [0.15, 0.2) is 176 Å². The molecule has 0 saturated carbocycles. The summed E-state index contributed by atoms with van der Waals surface area (Å²) in [5.74, 6) is 0. The van der Waals surface area contributed by atoms with Gasteiger partial charge in [-0.05, 0) is 83.9 Å². The second kappa shape index (κ2) is 11.8. The monoisotopic (exact) mass is 699 g/mol. The van der Waals surface area contributed by atoms with Gasteiger partial charge >= 0.3 is 0 Å². The first-order valence-electron chi connectivity index (χ1n) is 18.3. The molecule has 0 radical (unpaired) electrons. The van der Waals surface area contributed by atoms with Crippen molar-refractivity contribution >= 4 is 65.4 Å². The van der Waals surface area contributed by atoms with Crippen LogP contribution in [0, 0.1) is 22.7 Å². The van der Waals surface area contributed by atoms with E-state index in [1.165, 1.54) is 32.6 Å². The molecular weight excluding hydrogens is 671 g/mol. The van der Waals surface area contributed by atoms with E-state index in [0.29, 0.717) is 11.1 Å². The summed E-state index contributed by atoms with van der Waals surface area (Å²) in [6.07, 6.45) is 0. The van der Waals surface area contributed by atoms with Crippen molar-refractivity contribution in [2.45, 2.75) is 0 Å². The molecule has 0 aliphatic rings. The molecule has 8 aromatic carbocycles. The molecule has 3 heterocycles. The van der Waals surface area contributed by atoms with Crippen LogP contribution in [-0.2, 0) is 0 Å². The Kier molecular flexibility index (Phi) is 6.61. The molecule has 0 aliphatic carbocycles. The lowest BCUT2D eigenvalue weighted by Gasteiger charge is -2.14. The minimum Gasteiger partial charge on any atom is -0.309 e. The maximum atomic E-state index is 10.6. The van der Waals surface area contributed by atoms with Crippen molar-refractivity contribution in [3.8, 4) is 40.3 Å². The number of aromatic nitrogens is 3. The highest BCUT2D eigenvalue weighted by Gasteiger charge is 2.19. The van der Waals surface area contributed by atoms with Gasteiger partial charge in [0.05, 0.1) is 49.9 Å². The molecule has 55 heavy (non-hydrogen) atoms. The first-order valence-corrected chi connectivity index (χ1v) is 18.3. The Hall–Kier alpha value is -7.86. The summed E-state index contributed by atoms with van der Waals surface area (Å²) in [6, 6.07) is 66.0. The minimum atomic E-state index is 0.535. The number of rotatable bonds is 4. The molecule has 0 N–H and O–H groups in total. The number of nitrogens with zero attached hydrogens (tertiary/aromatic N) is 5. The molecule has 0 unspecified atom stereocenters. The topological polar surface area (TPSA) is 62.4 Å². The van der Waals surface area contributed by atoms with Crippen LogP contribution in [-0.4, -0.2) is 13.7 Å². The third kappa shape index (κ3) is 4.45. The molecule has 0 spiro atoms. The molecular formula is C50H29N5. The van der Waals surface area contributed by atoms with E-state index < -0.39 is 0 Å². The van der Waals surface area contributed by atoms with Crippen LogP contribution in [0.4, 0.5) is 0 Å². The lowest BCUT2D eigenvalue weighted by molar-refractivity contribution is 1.16. The van der Waals surface area contributed by atoms with E-state index in [0.717, 1.165) is 61.0 Å². The zero-order valence-electron chi connectivity index (χ0n) is 29.5. The molecule has 11 rings (SSSR count). The van der Waals surface area contributed by atoms with E-state index in [1.807, 2.05) is 48.5 Å². The van der Waals surface area contributed by atoms with Gasteiger partial charge in [-0.3, -0.25) is 0 Å². The summed E-state index contributed by atoms with van der Waals surface area (Å²) in [5, 5.41) is 27.5. The summed E-state index contributed by atoms with van der Waals surface area (Å²) in [4.78, 5) is 0. The zero-order valence-corrected chi connectivity index (χ0v) is 29.5. The summed E-state index contributed by atoms with van der Waals surface area (Å²) in [7, 11) is 0. The van der Waals surface area contributed by atoms with Crippen LogP contribution in [0.1, 0.15) is 11.1 Å². The summed E-state index contributed by atoms with van der Waals surface area (Å²) < 4.78 is 6.77. The lowest BCUT2D eigenvalue weighted by atomic mass is 10.0. The zero-order chi connectivity index (χ0) is 36.6.